The molecule has 2 aromatic carbocycles. The molecule has 0 atom stereocenters. The Labute approximate surface area is 195 Å². The number of hydrogen-bond acceptors (Lipinski definition) is 8. The molecular formula is C23H25N5O4S. The van der Waals surface area contributed by atoms with Gasteiger partial charge in [0.15, 0.2) is 17.3 Å². The first-order chi connectivity index (χ1) is 16.0. The molecule has 0 radical (unpaired) electrons. The van der Waals surface area contributed by atoms with E-state index in [1.165, 1.54) is 11.3 Å². The quantitative estimate of drug-likeness (QED) is 0.384. The van der Waals surface area contributed by atoms with E-state index >= 15 is 0 Å². The van der Waals surface area contributed by atoms with Crippen molar-refractivity contribution in [1.82, 2.24) is 19.8 Å². The Morgan fingerprint density at radius 1 is 1.00 bits per heavy atom. The molecule has 4 aromatic rings. The predicted molar refractivity (Wildman–Crippen MR) is 127 cm³/mol. The van der Waals surface area contributed by atoms with Gasteiger partial charge in [-0.15, -0.1) is 15.3 Å². The number of rotatable bonds is 9. The number of aryl methyl sites for hydroxylation is 1. The van der Waals surface area contributed by atoms with Crippen LogP contribution >= 0.6 is 11.3 Å². The van der Waals surface area contributed by atoms with Gasteiger partial charge in [-0.05, 0) is 45.9 Å². The second kappa shape index (κ2) is 9.86. The zero-order valence-corrected chi connectivity index (χ0v) is 19.7. The van der Waals surface area contributed by atoms with E-state index < -0.39 is 0 Å². The molecule has 0 saturated carbocycles. The Bertz CT molecular complexity index is 1260. The van der Waals surface area contributed by atoms with E-state index in [1.807, 2.05) is 52.0 Å². The lowest BCUT2D eigenvalue weighted by molar-refractivity contribution is 0.102. The molecule has 0 spiro atoms. The Morgan fingerprint density at radius 3 is 2.33 bits per heavy atom. The highest BCUT2D eigenvalue weighted by Crippen LogP contribution is 2.39. The van der Waals surface area contributed by atoms with Crippen molar-refractivity contribution in [1.29, 1.82) is 0 Å². The van der Waals surface area contributed by atoms with E-state index in [2.05, 4.69) is 20.6 Å². The summed E-state index contributed by atoms with van der Waals surface area (Å²) in [6.07, 6.45) is 0. The number of carbonyl (C=O) groups is 1. The first-order valence-electron chi connectivity index (χ1n) is 10.7. The SMILES string of the molecule is CCOc1cc(C(=O)Nc2nn3c(-c4cccc(C)c4)nnc3s2)cc(OCC)c1OCC. The predicted octanol–water partition coefficient (Wildman–Crippen LogP) is 4.61. The summed E-state index contributed by atoms with van der Waals surface area (Å²) in [7, 11) is 0. The summed E-state index contributed by atoms with van der Waals surface area (Å²) in [6, 6.07) is 11.2. The fraction of sp³-hybridized carbons (Fsp3) is 0.304. The van der Waals surface area contributed by atoms with Gasteiger partial charge >= 0.3 is 0 Å². The molecule has 9 nitrogen and oxygen atoms in total. The Hall–Kier alpha value is -3.66. The van der Waals surface area contributed by atoms with Crippen LogP contribution in [-0.2, 0) is 0 Å². The number of ether oxygens (including phenoxy) is 3. The highest BCUT2D eigenvalue weighted by molar-refractivity contribution is 7.20. The zero-order chi connectivity index (χ0) is 23.4. The lowest BCUT2D eigenvalue weighted by Crippen LogP contribution is -2.13. The summed E-state index contributed by atoms with van der Waals surface area (Å²) in [5.41, 5.74) is 2.38. The van der Waals surface area contributed by atoms with Crippen molar-refractivity contribution in [2.24, 2.45) is 0 Å². The summed E-state index contributed by atoms with van der Waals surface area (Å²) in [6.45, 7) is 8.93. The van der Waals surface area contributed by atoms with Crippen LogP contribution in [0.3, 0.4) is 0 Å². The van der Waals surface area contributed by atoms with Crippen molar-refractivity contribution in [2.45, 2.75) is 27.7 Å². The second-order valence-electron chi connectivity index (χ2n) is 7.05. The molecule has 1 amide bonds. The number of anilines is 1. The van der Waals surface area contributed by atoms with Crippen LogP contribution in [0, 0.1) is 6.92 Å². The molecule has 4 rings (SSSR count). The van der Waals surface area contributed by atoms with E-state index in [0.29, 0.717) is 58.5 Å². The third kappa shape index (κ3) is 4.75. The average Bonchev–Trinajstić information content (AvgIpc) is 3.36. The summed E-state index contributed by atoms with van der Waals surface area (Å²) in [5.74, 6) is 1.66. The van der Waals surface area contributed by atoms with Crippen LogP contribution in [0.5, 0.6) is 17.2 Å². The van der Waals surface area contributed by atoms with Gasteiger partial charge in [-0.3, -0.25) is 10.1 Å². The Morgan fingerprint density at radius 2 is 1.70 bits per heavy atom. The van der Waals surface area contributed by atoms with Crippen molar-refractivity contribution in [3.63, 3.8) is 0 Å². The fourth-order valence-corrected chi connectivity index (χ4v) is 4.06. The normalized spacial score (nSPS) is 10.9. The molecule has 0 aliphatic heterocycles. The van der Waals surface area contributed by atoms with Gasteiger partial charge in [0, 0.05) is 11.1 Å². The van der Waals surface area contributed by atoms with E-state index in [1.54, 1.807) is 16.6 Å². The molecule has 0 aliphatic carbocycles. The van der Waals surface area contributed by atoms with Crippen molar-refractivity contribution < 1.29 is 19.0 Å². The summed E-state index contributed by atoms with van der Waals surface area (Å²) >= 11 is 1.24. The second-order valence-corrected chi connectivity index (χ2v) is 8.01. The third-order valence-electron chi connectivity index (χ3n) is 4.66. The first-order valence-corrected chi connectivity index (χ1v) is 11.5. The molecule has 0 aliphatic rings. The van der Waals surface area contributed by atoms with Gasteiger partial charge in [0.1, 0.15) is 0 Å². The largest absolute Gasteiger partial charge is 0.490 e. The van der Waals surface area contributed by atoms with Crippen LogP contribution in [0.2, 0.25) is 0 Å². The third-order valence-corrected chi connectivity index (χ3v) is 5.47. The molecule has 0 fully saturated rings. The number of amides is 1. The van der Waals surface area contributed by atoms with Crippen LogP contribution in [0.4, 0.5) is 5.13 Å². The molecule has 172 valence electrons. The van der Waals surface area contributed by atoms with Gasteiger partial charge in [-0.25, -0.2) is 0 Å². The fourth-order valence-electron chi connectivity index (χ4n) is 3.32. The first kappa shape index (κ1) is 22.5. The number of nitrogens with zero attached hydrogens (tertiary/aromatic N) is 4. The van der Waals surface area contributed by atoms with Crippen LogP contribution in [0.25, 0.3) is 16.3 Å². The van der Waals surface area contributed by atoms with Gasteiger partial charge in [0.05, 0.1) is 19.8 Å². The number of fused-ring (bicyclic) bond motifs is 1. The molecule has 2 heterocycles. The Balaban J connectivity index is 1.64. The van der Waals surface area contributed by atoms with Gasteiger partial charge in [0.2, 0.25) is 15.8 Å². The Kier molecular flexibility index (Phi) is 6.74. The molecule has 2 aromatic heterocycles. The monoisotopic (exact) mass is 467 g/mol. The molecular weight excluding hydrogens is 442 g/mol. The van der Waals surface area contributed by atoms with E-state index in [9.17, 15) is 4.79 Å². The maximum atomic E-state index is 13.1. The zero-order valence-electron chi connectivity index (χ0n) is 18.9. The smallest absolute Gasteiger partial charge is 0.257 e. The van der Waals surface area contributed by atoms with E-state index in [4.69, 9.17) is 14.2 Å². The van der Waals surface area contributed by atoms with Crippen LogP contribution in [0.15, 0.2) is 36.4 Å². The van der Waals surface area contributed by atoms with Gasteiger partial charge in [-0.1, -0.05) is 35.1 Å². The number of benzene rings is 2. The highest BCUT2D eigenvalue weighted by Gasteiger charge is 2.20. The molecule has 0 bridgehead atoms. The lowest BCUT2D eigenvalue weighted by atomic mass is 10.1. The maximum absolute atomic E-state index is 13.1. The number of aromatic nitrogens is 4. The van der Waals surface area contributed by atoms with Crippen molar-refractivity contribution in [3.8, 4) is 28.6 Å². The summed E-state index contributed by atoms with van der Waals surface area (Å²) in [5, 5.41) is 16.2. The van der Waals surface area contributed by atoms with E-state index in [-0.39, 0.29) is 5.91 Å². The van der Waals surface area contributed by atoms with Gasteiger partial charge < -0.3 is 14.2 Å². The van der Waals surface area contributed by atoms with Gasteiger partial charge in [0.25, 0.3) is 5.91 Å². The van der Waals surface area contributed by atoms with E-state index in [0.717, 1.165) is 11.1 Å². The minimum Gasteiger partial charge on any atom is -0.490 e. The van der Waals surface area contributed by atoms with Crippen molar-refractivity contribution in [3.05, 3.63) is 47.5 Å². The van der Waals surface area contributed by atoms with Crippen molar-refractivity contribution in [2.75, 3.05) is 25.1 Å². The number of carbonyl (C=O) groups excluding carboxylic acids is 1. The molecule has 0 unspecified atom stereocenters. The minimum absolute atomic E-state index is 0.345. The topological polar surface area (TPSA) is 99.9 Å². The minimum atomic E-state index is -0.345. The van der Waals surface area contributed by atoms with Gasteiger partial charge in [-0.2, -0.15) is 4.52 Å². The molecule has 33 heavy (non-hydrogen) atoms. The molecule has 10 heteroatoms. The lowest BCUT2D eigenvalue weighted by Gasteiger charge is -2.16. The summed E-state index contributed by atoms with van der Waals surface area (Å²) < 4.78 is 18.8. The van der Waals surface area contributed by atoms with Crippen molar-refractivity contribution >= 4 is 27.3 Å². The summed E-state index contributed by atoms with van der Waals surface area (Å²) in [4.78, 5) is 13.6. The number of nitrogens with one attached hydrogen (secondary N) is 1. The maximum Gasteiger partial charge on any atom is 0.257 e. The number of hydrogen-bond donors (Lipinski definition) is 1. The molecule has 0 saturated heterocycles. The highest BCUT2D eigenvalue weighted by atomic mass is 32.1. The standard InChI is InChI=1S/C23H25N5O4S/c1-5-30-17-12-16(13-18(31-6-2)19(17)32-7-3)21(29)24-22-27-28-20(25-26-23(28)33-22)15-10-8-9-14(4)11-15/h8-13H,5-7H2,1-4H3,(H,24,27,29). The van der Waals surface area contributed by atoms with Crippen LogP contribution in [0.1, 0.15) is 36.7 Å². The van der Waals surface area contributed by atoms with Crippen LogP contribution < -0.4 is 19.5 Å². The van der Waals surface area contributed by atoms with Crippen LogP contribution in [-0.4, -0.2) is 45.5 Å². The average molecular weight is 468 g/mol. The molecule has 1 N–H and O–H groups in total.